The lowest BCUT2D eigenvalue weighted by molar-refractivity contribution is 0.0507. The fraction of sp³-hybridized carbons (Fsp3) is 0.706. The summed E-state index contributed by atoms with van der Waals surface area (Å²) in [4.78, 5) is 13.1. The second kappa shape index (κ2) is 8.36. The molecule has 0 aromatic carbocycles. The highest BCUT2D eigenvalue weighted by Crippen LogP contribution is 2.23. The highest BCUT2D eigenvalue weighted by atomic mass is 35.5. The Morgan fingerprint density at radius 1 is 1.30 bits per heavy atom. The SMILES string of the molecule is CC(C)CC(C)(CNC(=O)OC(C)(C)C)NCc1ccc(Cl)s1. The van der Waals surface area contributed by atoms with E-state index in [1.165, 1.54) is 4.88 Å². The van der Waals surface area contributed by atoms with E-state index in [1.807, 2.05) is 32.9 Å². The van der Waals surface area contributed by atoms with Crippen LogP contribution in [-0.4, -0.2) is 23.8 Å². The van der Waals surface area contributed by atoms with Crippen LogP contribution in [-0.2, 0) is 11.3 Å². The highest BCUT2D eigenvalue weighted by Gasteiger charge is 2.27. The van der Waals surface area contributed by atoms with Crippen molar-refractivity contribution in [1.82, 2.24) is 10.6 Å². The topological polar surface area (TPSA) is 50.4 Å². The van der Waals surface area contributed by atoms with Gasteiger partial charge in [0.1, 0.15) is 5.60 Å². The van der Waals surface area contributed by atoms with Crippen LogP contribution in [0.1, 0.15) is 52.8 Å². The summed E-state index contributed by atoms with van der Waals surface area (Å²) in [6, 6.07) is 3.93. The molecule has 0 radical (unpaired) electrons. The van der Waals surface area contributed by atoms with E-state index < -0.39 is 5.60 Å². The summed E-state index contributed by atoms with van der Waals surface area (Å²) in [6.45, 7) is 13.3. The van der Waals surface area contributed by atoms with E-state index in [0.717, 1.165) is 17.3 Å². The quantitative estimate of drug-likeness (QED) is 0.732. The maximum Gasteiger partial charge on any atom is 0.407 e. The molecular weight excluding hydrogens is 332 g/mol. The van der Waals surface area contributed by atoms with E-state index in [0.29, 0.717) is 12.5 Å². The minimum atomic E-state index is -0.486. The van der Waals surface area contributed by atoms with Gasteiger partial charge < -0.3 is 15.4 Å². The van der Waals surface area contributed by atoms with Crippen LogP contribution in [0.3, 0.4) is 0 Å². The Kier molecular flexibility index (Phi) is 7.36. The average Bonchev–Trinajstić information content (AvgIpc) is 2.77. The molecule has 1 rings (SSSR count). The van der Waals surface area contributed by atoms with Crippen LogP contribution >= 0.6 is 22.9 Å². The van der Waals surface area contributed by atoms with Gasteiger partial charge in [0.15, 0.2) is 0 Å². The van der Waals surface area contributed by atoms with Crippen LogP contribution in [0.4, 0.5) is 4.79 Å². The molecule has 1 aromatic heterocycles. The zero-order chi connectivity index (χ0) is 17.7. The van der Waals surface area contributed by atoms with Crippen molar-refractivity contribution in [2.24, 2.45) is 5.92 Å². The number of hydrogen-bond acceptors (Lipinski definition) is 4. The van der Waals surface area contributed by atoms with Crippen LogP contribution in [0.5, 0.6) is 0 Å². The van der Waals surface area contributed by atoms with Gasteiger partial charge in [0, 0.05) is 23.5 Å². The lowest BCUT2D eigenvalue weighted by atomic mass is 9.90. The predicted octanol–water partition coefficient (Wildman–Crippen LogP) is 4.82. The van der Waals surface area contributed by atoms with Crippen molar-refractivity contribution < 1.29 is 9.53 Å². The van der Waals surface area contributed by atoms with Gasteiger partial charge in [-0.25, -0.2) is 4.79 Å². The van der Waals surface area contributed by atoms with Crippen LogP contribution in [0.15, 0.2) is 12.1 Å². The van der Waals surface area contributed by atoms with Crippen molar-refractivity contribution in [3.63, 3.8) is 0 Å². The summed E-state index contributed by atoms with van der Waals surface area (Å²) in [7, 11) is 0. The first-order valence-electron chi connectivity index (χ1n) is 7.95. The van der Waals surface area contributed by atoms with E-state index in [-0.39, 0.29) is 11.6 Å². The second-order valence-corrected chi connectivity index (χ2v) is 9.37. The molecule has 1 atom stereocenters. The number of carbonyl (C=O) groups is 1. The van der Waals surface area contributed by atoms with Gasteiger partial charge in [-0.3, -0.25) is 0 Å². The zero-order valence-electron chi connectivity index (χ0n) is 15.0. The Morgan fingerprint density at radius 2 is 1.96 bits per heavy atom. The molecule has 0 bridgehead atoms. The molecule has 1 unspecified atom stereocenters. The predicted molar refractivity (Wildman–Crippen MR) is 98.3 cm³/mol. The van der Waals surface area contributed by atoms with E-state index in [9.17, 15) is 4.79 Å². The van der Waals surface area contributed by atoms with Crippen LogP contribution < -0.4 is 10.6 Å². The van der Waals surface area contributed by atoms with Gasteiger partial charge in [-0.2, -0.15) is 0 Å². The van der Waals surface area contributed by atoms with Crippen molar-refractivity contribution >= 4 is 29.0 Å². The summed E-state index contributed by atoms with van der Waals surface area (Å²) >= 11 is 7.55. The molecule has 132 valence electrons. The molecule has 0 fully saturated rings. The molecule has 0 aliphatic carbocycles. The van der Waals surface area contributed by atoms with Gasteiger partial charge >= 0.3 is 6.09 Å². The highest BCUT2D eigenvalue weighted by molar-refractivity contribution is 7.16. The number of halogens is 1. The van der Waals surface area contributed by atoms with E-state index in [4.69, 9.17) is 16.3 Å². The maximum atomic E-state index is 11.9. The fourth-order valence-corrected chi connectivity index (χ4v) is 3.46. The van der Waals surface area contributed by atoms with Gasteiger partial charge in [0.2, 0.25) is 0 Å². The van der Waals surface area contributed by atoms with Gasteiger partial charge in [-0.05, 0) is 52.2 Å². The van der Waals surface area contributed by atoms with Gasteiger partial charge in [0.05, 0.1) is 4.34 Å². The van der Waals surface area contributed by atoms with Crippen LogP contribution in [0.2, 0.25) is 4.34 Å². The number of hydrogen-bond donors (Lipinski definition) is 2. The Hall–Kier alpha value is -0.780. The number of nitrogens with one attached hydrogen (secondary N) is 2. The molecule has 0 aliphatic rings. The molecule has 0 saturated heterocycles. The standard InChI is InChI=1S/C17H29ClN2O2S/c1-12(2)9-17(6,11-19-15(21)22-16(3,4)5)20-10-13-7-8-14(18)23-13/h7-8,12,20H,9-11H2,1-6H3,(H,19,21). The van der Waals surface area contributed by atoms with Gasteiger partial charge in [0.25, 0.3) is 0 Å². The van der Waals surface area contributed by atoms with Crippen molar-refractivity contribution in [2.75, 3.05) is 6.54 Å². The van der Waals surface area contributed by atoms with Crippen LogP contribution in [0.25, 0.3) is 0 Å². The Labute approximate surface area is 148 Å². The first-order valence-corrected chi connectivity index (χ1v) is 9.15. The number of ether oxygens (including phenoxy) is 1. The number of amides is 1. The monoisotopic (exact) mass is 360 g/mol. The van der Waals surface area contributed by atoms with E-state index >= 15 is 0 Å². The van der Waals surface area contributed by atoms with Crippen molar-refractivity contribution in [3.05, 3.63) is 21.3 Å². The third-order valence-corrected chi connectivity index (χ3v) is 4.43. The first-order chi connectivity index (χ1) is 10.5. The molecule has 1 heterocycles. The average molecular weight is 361 g/mol. The third-order valence-electron chi connectivity index (χ3n) is 3.20. The lowest BCUT2D eigenvalue weighted by Crippen LogP contribution is -2.52. The van der Waals surface area contributed by atoms with Crippen molar-refractivity contribution in [1.29, 1.82) is 0 Å². The number of rotatable bonds is 7. The minimum absolute atomic E-state index is 0.207. The molecule has 0 spiro atoms. The maximum absolute atomic E-state index is 11.9. The lowest BCUT2D eigenvalue weighted by Gasteiger charge is -2.33. The number of carbonyl (C=O) groups excluding carboxylic acids is 1. The zero-order valence-corrected chi connectivity index (χ0v) is 16.5. The summed E-state index contributed by atoms with van der Waals surface area (Å²) in [5.74, 6) is 0.514. The third kappa shape index (κ3) is 8.58. The molecule has 1 amide bonds. The molecule has 4 nitrogen and oxygen atoms in total. The van der Waals surface area contributed by atoms with Gasteiger partial charge in [-0.1, -0.05) is 25.4 Å². The normalized spacial score (nSPS) is 14.6. The number of thiophene rings is 1. The summed E-state index contributed by atoms with van der Waals surface area (Å²) in [6.07, 6.45) is 0.565. The smallest absolute Gasteiger partial charge is 0.407 e. The second-order valence-electron chi connectivity index (χ2n) is 7.57. The van der Waals surface area contributed by atoms with E-state index in [1.54, 1.807) is 11.3 Å². The van der Waals surface area contributed by atoms with Crippen LogP contribution in [0, 0.1) is 5.92 Å². The number of alkyl carbamates (subject to hydrolysis) is 1. The van der Waals surface area contributed by atoms with E-state index in [2.05, 4.69) is 31.4 Å². The molecule has 0 saturated carbocycles. The van der Waals surface area contributed by atoms with Gasteiger partial charge in [-0.15, -0.1) is 11.3 Å². The first kappa shape index (κ1) is 20.3. The molecule has 2 N–H and O–H groups in total. The Morgan fingerprint density at radius 3 is 2.43 bits per heavy atom. The molecule has 23 heavy (non-hydrogen) atoms. The minimum Gasteiger partial charge on any atom is -0.444 e. The molecular formula is C17H29ClN2O2S. The van der Waals surface area contributed by atoms with Crippen molar-refractivity contribution in [2.45, 2.75) is 65.6 Å². The molecule has 1 aromatic rings. The Bertz CT molecular complexity index is 511. The largest absolute Gasteiger partial charge is 0.444 e. The molecule has 0 aliphatic heterocycles. The fourth-order valence-electron chi connectivity index (χ4n) is 2.44. The summed E-state index contributed by atoms with van der Waals surface area (Å²) < 4.78 is 6.10. The summed E-state index contributed by atoms with van der Waals surface area (Å²) in [5, 5.41) is 6.44. The molecule has 6 heteroatoms. The van der Waals surface area contributed by atoms with Crippen molar-refractivity contribution in [3.8, 4) is 0 Å². The summed E-state index contributed by atoms with van der Waals surface area (Å²) in [5.41, 5.74) is -0.693. The Balaban J connectivity index is 2.60.